The van der Waals surface area contributed by atoms with E-state index in [0.29, 0.717) is 25.9 Å². The van der Waals surface area contributed by atoms with Crippen molar-refractivity contribution in [1.29, 1.82) is 0 Å². The summed E-state index contributed by atoms with van der Waals surface area (Å²) in [6.45, 7) is 3.04. The molecule has 0 N–H and O–H groups in total. The lowest BCUT2D eigenvalue weighted by Crippen LogP contribution is -2.48. The van der Waals surface area contributed by atoms with E-state index < -0.39 is 0 Å². The van der Waals surface area contributed by atoms with Gasteiger partial charge in [0.15, 0.2) is 0 Å². The third-order valence-corrected chi connectivity index (χ3v) is 5.70. The first kappa shape index (κ1) is 20.9. The molecule has 0 saturated carbocycles. The molecular formula is C24H27FN4O2. The fourth-order valence-corrected chi connectivity index (χ4v) is 3.98. The van der Waals surface area contributed by atoms with Crippen molar-refractivity contribution in [3.63, 3.8) is 0 Å². The number of methoxy groups -OCH3 is 1. The third kappa shape index (κ3) is 4.87. The lowest BCUT2D eigenvalue weighted by molar-refractivity contribution is -0.131. The molecular weight excluding hydrogens is 395 g/mol. The van der Waals surface area contributed by atoms with Gasteiger partial charge in [0.2, 0.25) is 5.91 Å². The third-order valence-electron chi connectivity index (χ3n) is 5.70. The predicted octanol–water partition coefficient (Wildman–Crippen LogP) is 3.52. The molecule has 0 atom stereocenters. The number of benzene rings is 2. The van der Waals surface area contributed by atoms with E-state index in [4.69, 9.17) is 4.74 Å². The summed E-state index contributed by atoms with van der Waals surface area (Å²) >= 11 is 0. The lowest BCUT2D eigenvalue weighted by Gasteiger charge is -2.36. The monoisotopic (exact) mass is 422 g/mol. The number of aryl methyl sites for hydroxylation is 2. The van der Waals surface area contributed by atoms with Crippen LogP contribution in [0.3, 0.4) is 0 Å². The van der Waals surface area contributed by atoms with Crippen LogP contribution in [0, 0.1) is 5.82 Å². The molecule has 0 spiro atoms. The largest absolute Gasteiger partial charge is 0.497 e. The SMILES string of the molecule is COc1ccc(N2CCN(C(=O)CCc3cn(C)nc3-c3ccc(F)cc3)CC2)cc1. The molecule has 2 aromatic carbocycles. The summed E-state index contributed by atoms with van der Waals surface area (Å²) in [5.41, 5.74) is 3.81. The molecule has 1 saturated heterocycles. The number of hydrogen-bond donors (Lipinski definition) is 0. The molecule has 162 valence electrons. The van der Waals surface area contributed by atoms with E-state index in [0.717, 1.165) is 41.3 Å². The first-order valence-electron chi connectivity index (χ1n) is 10.5. The van der Waals surface area contributed by atoms with Crippen molar-refractivity contribution >= 4 is 11.6 Å². The Kier molecular flexibility index (Phi) is 6.21. The van der Waals surface area contributed by atoms with Crippen LogP contribution in [-0.2, 0) is 18.3 Å². The van der Waals surface area contributed by atoms with Crippen LogP contribution in [0.25, 0.3) is 11.3 Å². The highest BCUT2D eigenvalue weighted by molar-refractivity contribution is 5.77. The Morgan fingerprint density at radius 3 is 2.35 bits per heavy atom. The van der Waals surface area contributed by atoms with Crippen LogP contribution in [0.4, 0.5) is 10.1 Å². The van der Waals surface area contributed by atoms with E-state index in [9.17, 15) is 9.18 Å². The summed E-state index contributed by atoms with van der Waals surface area (Å²) in [7, 11) is 3.52. The van der Waals surface area contributed by atoms with Gasteiger partial charge in [-0.15, -0.1) is 0 Å². The average Bonchev–Trinajstić information content (AvgIpc) is 3.18. The Balaban J connectivity index is 1.33. The van der Waals surface area contributed by atoms with E-state index in [1.807, 2.05) is 30.3 Å². The van der Waals surface area contributed by atoms with Gasteiger partial charge in [-0.1, -0.05) is 0 Å². The number of carbonyl (C=O) groups excluding carboxylic acids is 1. The van der Waals surface area contributed by atoms with Gasteiger partial charge in [0.25, 0.3) is 0 Å². The molecule has 31 heavy (non-hydrogen) atoms. The fourth-order valence-electron chi connectivity index (χ4n) is 3.98. The van der Waals surface area contributed by atoms with E-state index in [1.165, 1.54) is 12.1 Å². The van der Waals surface area contributed by atoms with Gasteiger partial charge in [-0.25, -0.2) is 4.39 Å². The van der Waals surface area contributed by atoms with Crippen molar-refractivity contribution in [2.45, 2.75) is 12.8 Å². The van der Waals surface area contributed by atoms with Gasteiger partial charge >= 0.3 is 0 Å². The van der Waals surface area contributed by atoms with Crippen molar-refractivity contribution in [1.82, 2.24) is 14.7 Å². The van der Waals surface area contributed by atoms with E-state index in [2.05, 4.69) is 22.1 Å². The molecule has 0 radical (unpaired) electrons. The topological polar surface area (TPSA) is 50.6 Å². The van der Waals surface area contributed by atoms with E-state index >= 15 is 0 Å². The van der Waals surface area contributed by atoms with Gasteiger partial charge in [0, 0.05) is 57.1 Å². The summed E-state index contributed by atoms with van der Waals surface area (Å²) in [5.74, 6) is 0.724. The molecule has 2 heterocycles. The summed E-state index contributed by atoms with van der Waals surface area (Å²) in [5, 5.41) is 4.51. The molecule has 3 aromatic rings. The highest BCUT2D eigenvalue weighted by atomic mass is 19.1. The van der Waals surface area contributed by atoms with Crippen LogP contribution in [0.1, 0.15) is 12.0 Å². The molecule has 7 heteroatoms. The molecule has 1 aromatic heterocycles. The molecule has 4 rings (SSSR count). The normalized spacial score (nSPS) is 14.0. The van der Waals surface area contributed by atoms with E-state index in [-0.39, 0.29) is 11.7 Å². The number of halogens is 1. The number of anilines is 1. The van der Waals surface area contributed by atoms with E-state index in [1.54, 1.807) is 23.9 Å². The standard InChI is InChI=1S/C24H27FN4O2/c1-27-17-19(24(26-27)18-3-6-20(25)7-4-18)5-12-23(30)29-15-13-28(14-16-29)21-8-10-22(31-2)11-9-21/h3-4,6-11,17H,5,12-16H2,1-2H3. The van der Waals surface area contributed by atoms with Gasteiger partial charge in [-0.05, 0) is 60.5 Å². The zero-order chi connectivity index (χ0) is 21.8. The maximum absolute atomic E-state index is 13.3. The maximum atomic E-state index is 13.3. The van der Waals surface area contributed by atoms with Gasteiger partial charge in [0.1, 0.15) is 11.6 Å². The number of amides is 1. The van der Waals surface area contributed by atoms with Crippen LogP contribution in [0.15, 0.2) is 54.7 Å². The van der Waals surface area contributed by atoms with Gasteiger partial charge < -0.3 is 14.5 Å². The Bertz CT molecular complexity index is 1020. The van der Waals surface area contributed by atoms with Crippen molar-refractivity contribution in [2.24, 2.45) is 7.05 Å². The number of ether oxygens (including phenoxy) is 1. The molecule has 1 amide bonds. The van der Waals surface area contributed by atoms with Crippen LogP contribution in [-0.4, -0.2) is 53.9 Å². The minimum atomic E-state index is -0.273. The molecule has 1 aliphatic rings. The first-order chi connectivity index (χ1) is 15.0. The highest BCUT2D eigenvalue weighted by Crippen LogP contribution is 2.24. The molecule has 1 fully saturated rings. The zero-order valence-corrected chi connectivity index (χ0v) is 17.9. The number of nitrogens with zero attached hydrogens (tertiary/aromatic N) is 4. The molecule has 1 aliphatic heterocycles. The zero-order valence-electron chi connectivity index (χ0n) is 17.9. The molecule has 6 nitrogen and oxygen atoms in total. The van der Waals surface area contributed by atoms with Crippen LogP contribution in [0.2, 0.25) is 0 Å². The fraction of sp³-hybridized carbons (Fsp3) is 0.333. The average molecular weight is 423 g/mol. The number of aromatic nitrogens is 2. The smallest absolute Gasteiger partial charge is 0.223 e. The predicted molar refractivity (Wildman–Crippen MR) is 119 cm³/mol. The molecule has 0 bridgehead atoms. The summed E-state index contributed by atoms with van der Waals surface area (Å²) in [4.78, 5) is 17.0. The van der Waals surface area contributed by atoms with Crippen molar-refractivity contribution < 1.29 is 13.9 Å². The Morgan fingerprint density at radius 2 is 1.71 bits per heavy atom. The minimum absolute atomic E-state index is 0.156. The number of carbonyl (C=O) groups is 1. The van der Waals surface area contributed by atoms with Crippen LogP contribution < -0.4 is 9.64 Å². The van der Waals surface area contributed by atoms with Gasteiger partial charge in [-0.2, -0.15) is 5.10 Å². The Labute approximate surface area is 181 Å². The van der Waals surface area contributed by atoms with Crippen molar-refractivity contribution in [3.8, 4) is 17.0 Å². The summed E-state index contributed by atoms with van der Waals surface area (Å²) < 4.78 is 20.2. The molecule has 0 unspecified atom stereocenters. The van der Waals surface area contributed by atoms with Crippen LogP contribution in [0.5, 0.6) is 5.75 Å². The van der Waals surface area contributed by atoms with Gasteiger partial charge in [-0.3, -0.25) is 9.48 Å². The summed E-state index contributed by atoms with van der Waals surface area (Å²) in [6.07, 6.45) is 2.98. The van der Waals surface area contributed by atoms with Crippen LogP contribution >= 0.6 is 0 Å². The second-order valence-electron chi connectivity index (χ2n) is 7.75. The highest BCUT2D eigenvalue weighted by Gasteiger charge is 2.22. The molecule has 0 aliphatic carbocycles. The first-order valence-corrected chi connectivity index (χ1v) is 10.5. The van der Waals surface area contributed by atoms with Crippen molar-refractivity contribution in [3.05, 3.63) is 66.1 Å². The summed E-state index contributed by atoms with van der Waals surface area (Å²) in [6, 6.07) is 14.3. The lowest BCUT2D eigenvalue weighted by atomic mass is 10.0. The van der Waals surface area contributed by atoms with Gasteiger partial charge in [0.05, 0.1) is 12.8 Å². The van der Waals surface area contributed by atoms with Crippen molar-refractivity contribution in [2.75, 3.05) is 38.2 Å². The second kappa shape index (κ2) is 9.20. The maximum Gasteiger partial charge on any atom is 0.223 e. The second-order valence-corrected chi connectivity index (χ2v) is 7.75. The Morgan fingerprint density at radius 1 is 1.03 bits per heavy atom. The number of rotatable bonds is 6. The number of hydrogen-bond acceptors (Lipinski definition) is 4. The minimum Gasteiger partial charge on any atom is -0.497 e. The Hall–Kier alpha value is -3.35. The number of piperazine rings is 1. The quantitative estimate of drug-likeness (QED) is 0.610.